The highest BCUT2D eigenvalue weighted by Gasteiger charge is 2.46. The van der Waals surface area contributed by atoms with Crippen molar-refractivity contribution in [2.75, 3.05) is 11.9 Å². The summed E-state index contributed by atoms with van der Waals surface area (Å²) in [5.41, 5.74) is 3.89. The fraction of sp³-hybridized carbons (Fsp3) is 0.348. The first-order chi connectivity index (χ1) is 11.7. The summed E-state index contributed by atoms with van der Waals surface area (Å²) in [6.07, 6.45) is 2.99. The van der Waals surface area contributed by atoms with Gasteiger partial charge < -0.3 is 4.90 Å². The zero-order valence-corrected chi connectivity index (χ0v) is 15.8. The Hall–Kier alpha value is -2.35. The molecule has 1 aliphatic heterocycles. The molecule has 0 spiro atoms. The van der Waals surface area contributed by atoms with Crippen LogP contribution in [0.15, 0.2) is 54.6 Å². The molecule has 2 aromatic rings. The molecule has 0 aliphatic carbocycles. The van der Waals surface area contributed by atoms with Crippen molar-refractivity contribution in [2.45, 2.75) is 34.1 Å². The van der Waals surface area contributed by atoms with E-state index in [1.54, 1.807) is 0 Å². The molecule has 130 valence electrons. The first-order valence-electron chi connectivity index (χ1n) is 8.87. The van der Waals surface area contributed by atoms with Gasteiger partial charge in [0, 0.05) is 12.6 Å². The van der Waals surface area contributed by atoms with E-state index in [0.29, 0.717) is 0 Å². The maximum absolute atomic E-state index is 13.4. The summed E-state index contributed by atoms with van der Waals surface area (Å²) in [6.45, 7) is 8.70. The molecule has 0 bridgehead atoms. The third-order valence-corrected chi connectivity index (χ3v) is 4.92. The van der Waals surface area contributed by atoms with E-state index in [-0.39, 0.29) is 11.3 Å². The van der Waals surface area contributed by atoms with Crippen molar-refractivity contribution in [1.29, 1.82) is 0 Å². The standard InChI is InChI=1S/C23H27NO/c1-22(2,3)16-23(4)19(15-17-11-7-6-8-12-17)18-13-9-10-14-20(18)24(5)21(23)25/h6-15H,16H2,1-5H3. The van der Waals surface area contributed by atoms with Gasteiger partial charge in [-0.05, 0) is 36.0 Å². The predicted molar refractivity (Wildman–Crippen MR) is 106 cm³/mol. The fourth-order valence-corrected chi connectivity index (χ4v) is 4.07. The second-order valence-corrected chi connectivity index (χ2v) is 8.42. The van der Waals surface area contributed by atoms with E-state index in [0.717, 1.165) is 28.8 Å². The molecular formula is C23H27NO. The van der Waals surface area contributed by atoms with Crippen LogP contribution in [0.1, 0.15) is 45.2 Å². The molecule has 25 heavy (non-hydrogen) atoms. The fourth-order valence-electron chi connectivity index (χ4n) is 4.07. The monoisotopic (exact) mass is 333 g/mol. The van der Waals surface area contributed by atoms with Gasteiger partial charge in [-0.1, -0.05) is 75.4 Å². The minimum Gasteiger partial charge on any atom is -0.314 e. The lowest BCUT2D eigenvalue weighted by atomic mass is 9.65. The van der Waals surface area contributed by atoms with Crippen molar-refractivity contribution in [3.63, 3.8) is 0 Å². The van der Waals surface area contributed by atoms with E-state index in [4.69, 9.17) is 0 Å². The van der Waals surface area contributed by atoms with Crippen LogP contribution >= 0.6 is 0 Å². The summed E-state index contributed by atoms with van der Waals surface area (Å²) in [5, 5.41) is 0. The number of fused-ring (bicyclic) bond motifs is 1. The first kappa shape index (κ1) is 17.5. The van der Waals surface area contributed by atoms with Crippen molar-refractivity contribution >= 4 is 23.2 Å². The summed E-state index contributed by atoms with van der Waals surface area (Å²) in [6, 6.07) is 18.5. The topological polar surface area (TPSA) is 20.3 Å². The Kier molecular flexibility index (Phi) is 4.32. The Morgan fingerprint density at radius 2 is 1.60 bits per heavy atom. The van der Waals surface area contributed by atoms with Gasteiger partial charge in [0.1, 0.15) is 0 Å². The Balaban J connectivity index is 2.25. The first-order valence-corrected chi connectivity index (χ1v) is 8.87. The third kappa shape index (κ3) is 3.26. The molecular weight excluding hydrogens is 306 g/mol. The highest BCUT2D eigenvalue weighted by Crippen LogP contribution is 2.51. The van der Waals surface area contributed by atoms with Crippen LogP contribution < -0.4 is 4.90 Å². The lowest BCUT2D eigenvalue weighted by molar-refractivity contribution is -0.125. The molecule has 1 amide bonds. The quantitative estimate of drug-likeness (QED) is 0.696. The Bertz CT molecular complexity index is 813. The maximum Gasteiger partial charge on any atom is 0.237 e. The Morgan fingerprint density at radius 3 is 2.24 bits per heavy atom. The second-order valence-electron chi connectivity index (χ2n) is 8.42. The van der Waals surface area contributed by atoms with Gasteiger partial charge >= 0.3 is 0 Å². The van der Waals surface area contributed by atoms with E-state index in [1.165, 1.54) is 0 Å². The molecule has 3 rings (SSSR count). The van der Waals surface area contributed by atoms with Gasteiger partial charge in [0.25, 0.3) is 0 Å². The van der Waals surface area contributed by atoms with E-state index in [1.807, 2.05) is 42.3 Å². The van der Waals surface area contributed by atoms with Gasteiger partial charge in [0.2, 0.25) is 5.91 Å². The van der Waals surface area contributed by atoms with Gasteiger partial charge in [0.05, 0.1) is 11.1 Å². The molecule has 0 saturated heterocycles. The number of rotatable bonds is 2. The second kappa shape index (κ2) is 6.18. The summed E-state index contributed by atoms with van der Waals surface area (Å²) < 4.78 is 0. The normalized spacial score (nSPS) is 22.2. The van der Waals surface area contributed by atoms with Gasteiger partial charge in [-0.3, -0.25) is 4.79 Å². The molecule has 2 heteroatoms. The van der Waals surface area contributed by atoms with Gasteiger partial charge in [0.15, 0.2) is 0 Å². The number of carbonyl (C=O) groups is 1. The van der Waals surface area contributed by atoms with Crippen molar-refractivity contribution in [2.24, 2.45) is 10.8 Å². The number of hydrogen-bond donors (Lipinski definition) is 0. The van der Waals surface area contributed by atoms with Crippen LogP contribution in [0.4, 0.5) is 5.69 Å². The molecule has 1 aliphatic rings. The van der Waals surface area contributed by atoms with E-state index in [9.17, 15) is 4.79 Å². The predicted octanol–water partition coefficient (Wildman–Crippen LogP) is 5.65. The Labute approximate surface area is 151 Å². The average molecular weight is 333 g/mol. The molecule has 1 atom stereocenters. The number of amides is 1. The van der Waals surface area contributed by atoms with Crippen LogP contribution in [0.5, 0.6) is 0 Å². The molecule has 0 fully saturated rings. The maximum atomic E-state index is 13.4. The zero-order chi connectivity index (χ0) is 18.2. The van der Waals surface area contributed by atoms with Gasteiger partial charge in [-0.25, -0.2) is 0 Å². The summed E-state index contributed by atoms with van der Waals surface area (Å²) >= 11 is 0. The molecule has 2 aromatic carbocycles. The van der Waals surface area contributed by atoms with E-state index >= 15 is 0 Å². The highest BCUT2D eigenvalue weighted by atomic mass is 16.2. The highest BCUT2D eigenvalue weighted by molar-refractivity contribution is 6.14. The van der Waals surface area contributed by atoms with Crippen LogP contribution in [0, 0.1) is 10.8 Å². The average Bonchev–Trinajstić information content (AvgIpc) is 2.56. The molecule has 0 saturated carbocycles. The van der Waals surface area contributed by atoms with Crippen molar-refractivity contribution in [3.8, 4) is 0 Å². The lowest BCUT2D eigenvalue weighted by Crippen LogP contribution is -2.46. The van der Waals surface area contributed by atoms with E-state index in [2.05, 4.69) is 58.0 Å². The van der Waals surface area contributed by atoms with Crippen LogP contribution in [0.25, 0.3) is 11.6 Å². The van der Waals surface area contributed by atoms with Gasteiger partial charge in [-0.2, -0.15) is 0 Å². The van der Waals surface area contributed by atoms with Gasteiger partial charge in [-0.15, -0.1) is 0 Å². The SMILES string of the molecule is CN1C(=O)C(C)(CC(C)(C)C)C(=Cc2ccccc2)c2ccccc21. The zero-order valence-electron chi connectivity index (χ0n) is 15.8. The molecule has 1 unspecified atom stereocenters. The lowest BCUT2D eigenvalue weighted by Gasteiger charge is -2.44. The number of para-hydroxylation sites is 1. The Morgan fingerprint density at radius 1 is 1.00 bits per heavy atom. The number of nitrogens with zero attached hydrogens (tertiary/aromatic N) is 1. The minimum atomic E-state index is -0.544. The molecule has 1 heterocycles. The minimum absolute atomic E-state index is 0.0489. The van der Waals surface area contributed by atoms with Crippen LogP contribution in [0.2, 0.25) is 0 Å². The van der Waals surface area contributed by atoms with Crippen molar-refractivity contribution in [1.82, 2.24) is 0 Å². The third-order valence-electron chi connectivity index (χ3n) is 4.92. The van der Waals surface area contributed by atoms with Crippen LogP contribution in [0.3, 0.4) is 0 Å². The smallest absolute Gasteiger partial charge is 0.237 e. The molecule has 0 radical (unpaired) electrons. The van der Waals surface area contributed by atoms with Crippen molar-refractivity contribution in [3.05, 3.63) is 65.7 Å². The number of benzene rings is 2. The molecule has 2 nitrogen and oxygen atoms in total. The van der Waals surface area contributed by atoms with Crippen LogP contribution in [-0.2, 0) is 4.79 Å². The van der Waals surface area contributed by atoms with Crippen molar-refractivity contribution < 1.29 is 4.79 Å². The number of carbonyl (C=O) groups excluding carboxylic acids is 1. The van der Waals surface area contributed by atoms with E-state index < -0.39 is 5.41 Å². The largest absolute Gasteiger partial charge is 0.314 e. The summed E-state index contributed by atoms with van der Waals surface area (Å²) in [4.78, 5) is 15.2. The summed E-state index contributed by atoms with van der Waals surface area (Å²) in [7, 11) is 1.89. The summed E-state index contributed by atoms with van der Waals surface area (Å²) in [5.74, 6) is 0.170. The molecule has 0 N–H and O–H groups in total. The number of anilines is 1. The number of hydrogen-bond acceptors (Lipinski definition) is 1. The molecule has 0 aromatic heterocycles. The van der Waals surface area contributed by atoms with Crippen LogP contribution in [-0.4, -0.2) is 13.0 Å².